The van der Waals surface area contributed by atoms with Gasteiger partial charge in [-0.2, -0.15) is 0 Å². The summed E-state index contributed by atoms with van der Waals surface area (Å²) >= 11 is 0. The molecule has 1 aromatic carbocycles. The molecule has 0 aliphatic heterocycles. The Morgan fingerprint density at radius 1 is 0.962 bits per heavy atom. The number of hydrogen-bond donors (Lipinski definition) is 2. The second-order valence-electron chi connectivity index (χ2n) is 8.34. The van der Waals surface area contributed by atoms with E-state index in [2.05, 4.69) is 5.32 Å². The first-order valence-corrected chi connectivity index (χ1v) is 10.7. The molecule has 6 nitrogen and oxygen atoms in total. The summed E-state index contributed by atoms with van der Waals surface area (Å²) in [5.74, 6) is 1.52. The lowest BCUT2D eigenvalue weighted by Gasteiger charge is -2.55. The van der Waals surface area contributed by atoms with Crippen molar-refractivity contribution in [2.24, 2.45) is 23.2 Å². The summed E-state index contributed by atoms with van der Waals surface area (Å²) in [7, 11) is -3.85. The van der Waals surface area contributed by atoms with Gasteiger partial charge >= 0.3 is 0 Å². The zero-order valence-electron chi connectivity index (χ0n) is 14.8. The van der Waals surface area contributed by atoms with Crippen molar-refractivity contribution in [2.45, 2.75) is 50.3 Å². The van der Waals surface area contributed by atoms with Gasteiger partial charge in [0.25, 0.3) is 10.0 Å². The van der Waals surface area contributed by atoms with E-state index < -0.39 is 15.9 Å². The van der Waals surface area contributed by atoms with Gasteiger partial charge in [0, 0.05) is 12.6 Å². The van der Waals surface area contributed by atoms with Crippen molar-refractivity contribution in [3.05, 3.63) is 24.3 Å². The van der Waals surface area contributed by atoms with E-state index in [4.69, 9.17) is 0 Å². The molecule has 4 fully saturated rings. The number of sulfonamides is 1. The van der Waals surface area contributed by atoms with Crippen LogP contribution in [0.15, 0.2) is 29.2 Å². The fourth-order valence-corrected chi connectivity index (χ4v) is 6.61. The summed E-state index contributed by atoms with van der Waals surface area (Å²) in [6, 6.07) is 5.96. The Morgan fingerprint density at radius 3 is 1.92 bits per heavy atom. The molecule has 5 rings (SSSR count). The Morgan fingerprint density at radius 2 is 1.46 bits per heavy atom. The standard InChI is InChI=1S/C19H24N2O4S/c1-12(22)21-26(24,25)17-4-2-16(3-5-17)20-18(23)19-9-13-6-14(10-19)8-15(7-13)11-19/h2-5,13-15H,6-11H2,1H3,(H,20,23)(H,21,22). The van der Waals surface area contributed by atoms with Crippen molar-refractivity contribution in [2.75, 3.05) is 5.32 Å². The zero-order chi connectivity index (χ0) is 18.5. The summed E-state index contributed by atoms with van der Waals surface area (Å²) < 4.78 is 25.9. The maximum Gasteiger partial charge on any atom is 0.264 e. The van der Waals surface area contributed by atoms with Gasteiger partial charge in [0.2, 0.25) is 11.8 Å². The molecule has 1 aromatic rings. The van der Waals surface area contributed by atoms with Gasteiger partial charge in [0.15, 0.2) is 0 Å². The Balaban J connectivity index is 1.48. The minimum absolute atomic E-state index is 0.000466. The highest BCUT2D eigenvalue weighted by Gasteiger charge is 2.54. The molecule has 4 bridgehead atoms. The molecule has 2 amide bonds. The molecule has 0 spiro atoms. The van der Waals surface area contributed by atoms with Gasteiger partial charge in [0.05, 0.1) is 10.3 Å². The maximum absolute atomic E-state index is 13.0. The van der Waals surface area contributed by atoms with Crippen LogP contribution in [0.1, 0.15) is 45.4 Å². The number of benzene rings is 1. The molecule has 4 saturated carbocycles. The topological polar surface area (TPSA) is 92.3 Å². The summed E-state index contributed by atoms with van der Waals surface area (Å²) in [4.78, 5) is 24.0. The Kier molecular flexibility index (Phi) is 4.10. The average Bonchev–Trinajstić information content (AvgIpc) is 2.53. The minimum atomic E-state index is -3.85. The van der Waals surface area contributed by atoms with Crippen LogP contribution in [-0.2, 0) is 19.6 Å². The Bertz CT molecular complexity index is 810. The van der Waals surface area contributed by atoms with E-state index in [0.29, 0.717) is 23.4 Å². The first-order chi connectivity index (χ1) is 12.3. The molecule has 0 saturated heterocycles. The van der Waals surface area contributed by atoms with Crippen molar-refractivity contribution >= 4 is 27.5 Å². The highest BCUT2D eigenvalue weighted by molar-refractivity contribution is 7.90. The van der Waals surface area contributed by atoms with E-state index in [-0.39, 0.29) is 16.2 Å². The molecule has 26 heavy (non-hydrogen) atoms. The summed E-state index contributed by atoms with van der Waals surface area (Å²) in [5, 5.41) is 3.00. The molecular weight excluding hydrogens is 352 g/mol. The average molecular weight is 376 g/mol. The Hall–Kier alpha value is -1.89. The second kappa shape index (κ2) is 6.08. The van der Waals surface area contributed by atoms with E-state index in [9.17, 15) is 18.0 Å². The molecule has 0 atom stereocenters. The third-order valence-corrected chi connectivity index (χ3v) is 7.67. The van der Waals surface area contributed by atoms with Gasteiger partial charge < -0.3 is 5.32 Å². The number of anilines is 1. The van der Waals surface area contributed by atoms with Gasteiger partial charge in [-0.05, 0) is 80.5 Å². The number of hydrogen-bond acceptors (Lipinski definition) is 4. The highest BCUT2D eigenvalue weighted by Crippen LogP contribution is 2.60. The minimum Gasteiger partial charge on any atom is -0.326 e. The molecule has 0 aromatic heterocycles. The smallest absolute Gasteiger partial charge is 0.264 e. The zero-order valence-corrected chi connectivity index (χ0v) is 15.6. The van der Waals surface area contributed by atoms with Gasteiger partial charge in [-0.3, -0.25) is 9.59 Å². The SMILES string of the molecule is CC(=O)NS(=O)(=O)c1ccc(NC(=O)C23CC4CC(CC(C4)C2)C3)cc1. The van der Waals surface area contributed by atoms with Crippen molar-refractivity contribution < 1.29 is 18.0 Å². The fraction of sp³-hybridized carbons (Fsp3) is 0.579. The summed E-state index contributed by atoms with van der Waals surface area (Å²) in [6.45, 7) is 1.15. The maximum atomic E-state index is 13.0. The number of nitrogens with one attached hydrogen (secondary N) is 2. The number of amides is 2. The molecule has 2 N–H and O–H groups in total. The Labute approximate surface area is 153 Å². The van der Waals surface area contributed by atoms with Gasteiger partial charge in [-0.1, -0.05) is 0 Å². The van der Waals surface area contributed by atoms with E-state index in [1.54, 1.807) is 12.1 Å². The molecule has 0 unspecified atom stereocenters. The lowest BCUT2D eigenvalue weighted by Crippen LogP contribution is -2.51. The largest absolute Gasteiger partial charge is 0.326 e. The van der Waals surface area contributed by atoms with Crippen molar-refractivity contribution in [1.29, 1.82) is 0 Å². The number of carbonyl (C=O) groups is 2. The lowest BCUT2D eigenvalue weighted by molar-refractivity contribution is -0.140. The van der Waals surface area contributed by atoms with Crippen LogP contribution in [0.25, 0.3) is 0 Å². The molecule has 7 heteroatoms. The molecular formula is C19H24N2O4S. The van der Waals surface area contributed by atoms with Crippen LogP contribution in [0.5, 0.6) is 0 Å². The summed E-state index contributed by atoms with van der Waals surface area (Å²) in [5.41, 5.74) is 0.350. The van der Waals surface area contributed by atoms with Crippen molar-refractivity contribution in [1.82, 2.24) is 4.72 Å². The molecule has 4 aliphatic carbocycles. The van der Waals surface area contributed by atoms with Gasteiger partial charge in [-0.25, -0.2) is 13.1 Å². The van der Waals surface area contributed by atoms with Crippen LogP contribution < -0.4 is 10.0 Å². The van der Waals surface area contributed by atoms with Crippen molar-refractivity contribution in [3.63, 3.8) is 0 Å². The van der Waals surface area contributed by atoms with Crippen LogP contribution in [-0.4, -0.2) is 20.2 Å². The number of rotatable bonds is 4. The van der Waals surface area contributed by atoms with Crippen LogP contribution in [0.3, 0.4) is 0 Å². The molecule has 4 aliphatic rings. The fourth-order valence-electron chi connectivity index (χ4n) is 5.62. The molecule has 0 heterocycles. The predicted octanol–water partition coefficient (Wildman–Crippen LogP) is 2.67. The van der Waals surface area contributed by atoms with Crippen molar-refractivity contribution in [3.8, 4) is 0 Å². The third-order valence-electron chi connectivity index (χ3n) is 6.22. The lowest BCUT2D eigenvalue weighted by atomic mass is 9.49. The van der Waals surface area contributed by atoms with E-state index in [0.717, 1.165) is 26.2 Å². The first-order valence-electron chi connectivity index (χ1n) is 9.21. The highest BCUT2D eigenvalue weighted by atomic mass is 32.2. The van der Waals surface area contributed by atoms with Crippen LogP contribution >= 0.6 is 0 Å². The third kappa shape index (κ3) is 3.13. The van der Waals surface area contributed by atoms with Crippen LogP contribution in [0.4, 0.5) is 5.69 Å². The van der Waals surface area contributed by atoms with E-state index in [1.807, 2.05) is 4.72 Å². The first kappa shape index (κ1) is 17.5. The van der Waals surface area contributed by atoms with E-state index >= 15 is 0 Å². The van der Waals surface area contributed by atoms with Crippen LogP contribution in [0, 0.1) is 23.2 Å². The van der Waals surface area contributed by atoms with Gasteiger partial charge in [-0.15, -0.1) is 0 Å². The predicted molar refractivity (Wildman–Crippen MR) is 96.7 cm³/mol. The molecule has 140 valence electrons. The normalized spacial score (nSPS) is 32.3. The van der Waals surface area contributed by atoms with Crippen LogP contribution in [0.2, 0.25) is 0 Å². The van der Waals surface area contributed by atoms with Gasteiger partial charge in [0.1, 0.15) is 0 Å². The molecule has 0 radical (unpaired) electrons. The summed E-state index contributed by atoms with van der Waals surface area (Å²) in [6.07, 6.45) is 6.80. The quantitative estimate of drug-likeness (QED) is 0.845. The second-order valence-corrected chi connectivity index (χ2v) is 10.0. The monoisotopic (exact) mass is 376 g/mol. The number of carbonyl (C=O) groups excluding carboxylic acids is 2. The van der Waals surface area contributed by atoms with E-state index in [1.165, 1.54) is 31.4 Å².